The van der Waals surface area contributed by atoms with Crippen molar-refractivity contribution in [2.75, 3.05) is 19.1 Å². The highest BCUT2D eigenvalue weighted by atomic mass is 16.5. The number of hydrogen-bond acceptors (Lipinski definition) is 3. The molecule has 0 saturated heterocycles. The summed E-state index contributed by atoms with van der Waals surface area (Å²) >= 11 is 0. The van der Waals surface area contributed by atoms with Crippen molar-refractivity contribution in [1.82, 2.24) is 10.6 Å². The van der Waals surface area contributed by atoms with Crippen molar-refractivity contribution in [1.29, 1.82) is 0 Å². The van der Waals surface area contributed by atoms with Crippen LogP contribution in [0.4, 0.5) is 10.5 Å². The van der Waals surface area contributed by atoms with Crippen LogP contribution in [0.15, 0.2) is 54.6 Å². The number of carbonyl (C=O) groups excluding carboxylic acids is 2. The first kappa shape index (κ1) is 20.7. The molecule has 2 aromatic rings. The van der Waals surface area contributed by atoms with Gasteiger partial charge in [-0.1, -0.05) is 30.3 Å². The van der Waals surface area contributed by atoms with Gasteiger partial charge >= 0.3 is 6.03 Å². The highest BCUT2D eigenvalue weighted by Gasteiger charge is 2.29. The molecular formula is C23H29N3O3. The molecule has 2 aromatic carbocycles. The number of nitrogens with one attached hydrogen (secondary N) is 2. The fourth-order valence-electron chi connectivity index (χ4n) is 3.70. The molecule has 154 valence electrons. The van der Waals surface area contributed by atoms with E-state index in [-0.39, 0.29) is 23.9 Å². The van der Waals surface area contributed by atoms with E-state index >= 15 is 0 Å². The molecule has 0 radical (unpaired) electrons. The highest BCUT2D eigenvalue weighted by molar-refractivity contribution is 5.94. The Kier molecular flexibility index (Phi) is 7.11. The van der Waals surface area contributed by atoms with Gasteiger partial charge in [-0.2, -0.15) is 0 Å². The van der Waals surface area contributed by atoms with Crippen LogP contribution < -0.4 is 20.3 Å². The number of nitrogens with zero attached hydrogens (tertiary/aromatic N) is 1. The maximum atomic E-state index is 12.7. The van der Waals surface area contributed by atoms with Gasteiger partial charge in [0.25, 0.3) is 0 Å². The Morgan fingerprint density at radius 2 is 1.66 bits per heavy atom. The molecule has 0 bridgehead atoms. The number of urea groups is 1. The third-order valence-corrected chi connectivity index (χ3v) is 5.50. The standard InChI is InChI=1S/C23H29N3O3/c1-26(20-6-4-3-5-7-20)22(27)18-10-12-19(13-11-18)25-23(28)24-16-17-8-14-21(29-2)15-9-17/h3-9,14-15,18-19H,10-13,16H2,1-2H3,(H2,24,25,28). The summed E-state index contributed by atoms with van der Waals surface area (Å²) in [5.41, 5.74) is 1.93. The van der Waals surface area contributed by atoms with E-state index in [1.54, 1.807) is 12.0 Å². The van der Waals surface area contributed by atoms with Crippen molar-refractivity contribution in [2.24, 2.45) is 5.92 Å². The second-order valence-corrected chi connectivity index (χ2v) is 7.46. The van der Waals surface area contributed by atoms with E-state index in [0.29, 0.717) is 6.54 Å². The van der Waals surface area contributed by atoms with Crippen LogP contribution in [0.3, 0.4) is 0 Å². The van der Waals surface area contributed by atoms with Crippen molar-refractivity contribution in [2.45, 2.75) is 38.3 Å². The van der Waals surface area contributed by atoms with Gasteiger partial charge in [0, 0.05) is 31.2 Å². The number of hydrogen-bond donors (Lipinski definition) is 2. The molecule has 0 aliphatic heterocycles. The molecule has 1 aliphatic rings. The smallest absolute Gasteiger partial charge is 0.315 e. The SMILES string of the molecule is COc1ccc(CNC(=O)NC2CCC(C(=O)N(C)c3ccccc3)CC2)cc1. The second kappa shape index (κ2) is 9.96. The minimum atomic E-state index is -0.169. The van der Waals surface area contributed by atoms with Crippen molar-refractivity contribution >= 4 is 17.6 Å². The lowest BCUT2D eigenvalue weighted by Gasteiger charge is -2.31. The summed E-state index contributed by atoms with van der Waals surface area (Å²) in [4.78, 5) is 26.7. The molecule has 0 atom stereocenters. The molecule has 1 saturated carbocycles. The lowest BCUT2D eigenvalue weighted by molar-refractivity contribution is -0.123. The molecule has 6 heteroatoms. The summed E-state index contributed by atoms with van der Waals surface area (Å²) < 4.78 is 5.13. The van der Waals surface area contributed by atoms with Crippen LogP contribution in [0.25, 0.3) is 0 Å². The summed E-state index contributed by atoms with van der Waals surface area (Å²) in [6.45, 7) is 0.464. The number of anilines is 1. The zero-order valence-corrected chi connectivity index (χ0v) is 17.1. The average molecular weight is 396 g/mol. The predicted molar refractivity (Wildman–Crippen MR) is 114 cm³/mol. The Balaban J connectivity index is 1.40. The number of rotatable bonds is 6. The molecule has 0 unspecified atom stereocenters. The molecule has 3 amide bonds. The zero-order valence-electron chi connectivity index (χ0n) is 17.1. The minimum Gasteiger partial charge on any atom is -0.497 e. The van der Waals surface area contributed by atoms with Crippen molar-refractivity contribution in [3.05, 3.63) is 60.2 Å². The molecule has 3 rings (SSSR count). The summed E-state index contributed by atoms with van der Waals surface area (Å²) in [5, 5.41) is 5.92. The maximum absolute atomic E-state index is 12.7. The molecule has 1 fully saturated rings. The van der Waals surface area contributed by atoms with E-state index in [1.165, 1.54) is 0 Å². The van der Waals surface area contributed by atoms with Gasteiger partial charge in [0.2, 0.25) is 5.91 Å². The van der Waals surface area contributed by atoms with E-state index < -0.39 is 0 Å². The third kappa shape index (κ3) is 5.73. The lowest BCUT2D eigenvalue weighted by atomic mass is 9.85. The van der Waals surface area contributed by atoms with Gasteiger partial charge in [-0.15, -0.1) is 0 Å². The summed E-state index contributed by atoms with van der Waals surface area (Å²) in [6.07, 6.45) is 3.21. The van der Waals surface area contributed by atoms with Crippen LogP contribution in [0.5, 0.6) is 5.75 Å². The number of benzene rings is 2. The molecule has 1 aliphatic carbocycles. The van der Waals surface area contributed by atoms with Gasteiger partial charge in [0.15, 0.2) is 0 Å². The summed E-state index contributed by atoms with van der Waals surface area (Å²) in [7, 11) is 3.46. The fourth-order valence-corrected chi connectivity index (χ4v) is 3.70. The van der Waals surface area contributed by atoms with Gasteiger partial charge in [-0.05, 0) is 55.5 Å². The fraction of sp³-hybridized carbons (Fsp3) is 0.391. The van der Waals surface area contributed by atoms with Crippen LogP contribution in [0, 0.1) is 5.92 Å². The van der Waals surface area contributed by atoms with Crippen LogP contribution >= 0.6 is 0 Å². The van der Waals surface area contributed by atoms with Gasteiger partial charge in [0.05, 0.1) is 7.11 Å². The minimum absolute atomic E-state index is 0.0145. The van der Waals surface area contributed by atoms with Crippen LogP contribution in [-0.2, 0) is 11.3 Å². The molecule has 2 N–H and O–H groups in total. The van der Waals surface area contributed by atoms with Crippen molar-refractivity contribution in [3.63, 3.8) is 0 Å². The zero-order chi connectivity index (χ0) is 20.6. The van der Waals surface area contributed by atoms with E-state index in [2.05, 4.69) is 10.6 Å². The average Bonchev–Trinajstić information content (AvgIpc) is 2.78. The Bertz CT molecular complexity index is 800. The van der Waals surface area contributed by atoms with E-state index in [0.717, 1.165) is 42.7 Å². The quantitative estimate of drug-likeness (QED) is 0.783. The Morgan fingerprint density at radius 3 is 2.28 bits per heavy atom. The van der Waals surface area contributed by atoms with Gasteiger partial charge in [0.1, 0.15) is 5.75 Å². The van der Waals surface area contributed by atoms with Crippen LogP contribution in [0.2, 0.25) is 0 Å². The molecule has 6 nitrogen and oxygen atoms in total. The number of amides is 3. The monoisotopic (exact) mass is 395 g/mol. The molecule has 29 heavy (non-hydrogen) atoms. The highest BCUT2D eigenvalue weighted by Crippen LogP contribution is 2.27. The number of para-hydroxylation sites is 1. The Morgan fingerprint density at radius 1 is 1.00 bits per heavy atom. The van der Waals surface area contributed by atoms with Gasteiger partial charge in [-0.25, -0.2) is 4.79 Å². The number of carbonyl (C=O) groups is 2. The first-order valence-corrected chi connectivity index (χ1v) is 10.1. The summed E-state index contributed by atoms with van der Waals surface area (Å²) in [5.74, 6) is 0.960. The van der Waals surface area contributed by atoms with Crippen molar-refractivity contribution < 1.29 is 14.3 Å². The number of ether oxygens (including phenoxy) is 1. The maximum Gasteiger partial charge on any atom is 0.315 e. The van der Waals surface area contributed by atoms with E-state index in [4.69, 9.17) is 4.74 Å². The topological polar surface area (TPSA) is 70.7 Å². The van der Waals surface area contributed by atoms with Crippen LogP contribution in [0.1, 0.15) is 31.2 Å². The number of methoxy groups -OCH3 is 1. The van der Waals surface area contributed by atoms with Crippen molar-refractivity contribution in [3.8, 4) is 5.75 Å². The lowest BCUT2D eigenvalue weighted by Crippen LogP contribution is -2.45. The predicted octanol–water partition coefficient (Wildman–Crippen LogP) is 3.72. The normalized spacial score (nSPS) is 18.6. The molecule has 0 heterocycles. The molecule has 0 aromatic heterocycles. The first-order valence-electron chi connectivity index (χ1n) is 10.1. The Labute approximate surface area is 172 Å². The summed E-state index contributed by atoms with van der Waals surface area (Å²) in [6, 6.07) is 17.2. The van der Waals surface area contributed by atoms with E-state index in [9.17, 15) is 9.59 Å². The molecule has 0 spiro atoms. The molecular weight excluding hydrogens is 366 g/mol. The van der Waals surface area contributed by atoms with Gasteiger partial charge in [-0.3, -0.25) is 4.79 Å². The first-order chi connectivity index (χ1) is 14.1. The van der Waals surface area contributed by atoms with E-state index in [1.807, 2.05) is 61.6 Å². The van der Waals surface area contributed by atoms with Gasteiger partial charge < -0.3 is 20.3 Å². The van der Waals surface area contributed by atoms with Crippen LogP contribution in [-0.4, -0.2) is 32.1 Å². The third-order valence-electron chi connectivity index (χ3n) is 5.50. The largest absolute Gasteiger partial charge is 0.497 e. The Hall–Kier alpha value is -3.02. The second-order valence-electron chi connectivity index (χ2n) is 7.46.